The van der Waals surface area contributed by atoms with Crippen molar-refractivity contribution in [1.82, 2.24) is 10.2 Å². The second kappa shape index (κ2) is 6.74. The molecule has 2 fully saturated rings. The molecule has 1 saturated carbocycles. The van der Waals surface area contributed by atoms with Gasteiger partial charge in [-0.25, -0.2) is 4.79 Å². The van der Waals surface area contributed by atoms with Gasteiger partial charge in [-0.05, 0) is 55.9 Å². The van der Waals surface area contributed by atoms with E-state index in [9.17, 15) is 14.4 Å². The van der Waals surface area contributed by atoms with E-state index in [1.165, 1.54) is 0 Å². The summed E-state index contributed by atoms with van der Waals surface area (Å²) in [6.07, 6.45) is 3.07. The molecule has 25 heavy (non-hydrogen) atoms. The molecule has 3 rings (SSSR count). The van der Waals surface area contributed by atoms with Gasteiger partial charge in [-0.2, -0.15) is 0 Å². The zero-order valence-corrected chi connectivity index (χ0v) is 14.5. The van der Waals surface area contributed by atoms with Crippen molar-refractivity contribution >= 4 is 23.5 Å². The van der Waals surface area contributed by atoms with Gasteiger partial charge in [-0.1, -0.05) is 6.92 Å². The molecule has 1 heterocycles. The molecule has 0 atom stereocenters. The van der Waals surface area contributed by atoms with Crippen LogP contribution in [-0.2, 0) is 9.59 Å². The largest absolute Gasteiger partial charge is 0.497 e. The minimum absolute atomic E-state index is 0.283. The van der Waals surface area contributed by atoms with E-state index in [4.69, 9.17) is 4.74 Å². The molecule has 1 aromatic carbocycles. The van der Waals surface area contributed by atoms with Crippen molar-refractivity contribution in [2.45, 2.75) is 38.1 Å². The molecule has 1 aliphatic heterocycles. The molecule has 0 bridgehead atoms. The minimum atomic E-state index is -0.815. The third-order valence-corrected chi connectivity index (χ3v) is 5.05. The maximum absolute atomic E-state index is 12.7. The molecule has 0 unspecified atom stereocenters. The van der Waals surface area contributed by atoms with E-state index in [0.717, 1.165) is 17.7 Å². The summed E-state index contributed by atoms with van der Waals surface area (Å²) in [5, 5.41) is 5.51. The first-order chi connectivity index (χ1) is 11.9. The van der Waals surface area contributed by atoms with Crippen LogP contribution in [0.1, 0.15) is 32.6 Å². The monoisotopic (exact) mass is 345 g/mol. The van der Waals surface area contributed by atoms with E-state index in [1.807, 2.05) is 0 Å². The van der Waals surface area contributed by atoms with Crippen LogP contribution in [-0.4, -0.2) is 41.9 Å². The average molecular weight is 345 g/mol. The Labute approximate surface area is 146 Å². The summed E-state index contributed by atoms with van der Waals surface area (Å²) in [7, 11) is 1.56. The quantitative estimate of drug-likeness (QED) is 0.819. The van der Waals surface area contributed by atoms with Crippen LogP contribution in [0.25, 0.3) is 0 Å². The number of anilines is 1. The topological polar surface area (TPSA) is 87.7 Å². The molecule has 7 heteroatoms. The van der Waals surface area contributed by atoms with Crippen molar-refractivity contribution in [3.63, 3.8) is 0 Å². The Morgan fingerprint density at radius 3 is 2.52 bits per heavy atom. The fourth-order valence-corrected chi connectivity index (χ4v) is 3.43. The lowest BCUT2D eigenvalue weighted by Crippen LogP contribution is -2.49. The summed E-state index contributed by atoms with van der Waals surface area (Å²) < 4.78 is 5.06. The molecule has 2 N–H and O–H groups in total. The van der Waals surface area contributed by atoms with E-state index < -0.39 is 17.5 Å². The van der Waals surface area contributed by atoms with Gasteiger partial charge in [0.2, 0.25) is 5.91 Å². The Bertz CT molecular complexity index is 678. The number of benzene rings is 1. The Morgan fingerprint density at radius 2 is 1.92 bits per heavy atom. The summed E-state index contributed by atoms with van der Waals surface area (Å²) in [5.74, 6) is 0.549. The molecule has 1 aromatic rings. The average Bonchev–Trinajstić information content (AvgIpc) is 2.83. The van der Waals surface area contributed by atoms with Crippen molar-refractivity contribution in [3.05, 3.63) is 24.3 Å². The molecule has 2 aliphatic rings. The molecule has 1 saturated heterocycles. The van der Waals surface area contributed by atoms with Gasteiger partial charge in [0.1, 0.15) is 17.8 Å². The lowest BCUT2D eigenvalue weighted by atomic mass is 9.77. The van der Waals surface area contributed by atoms with Crippen molar-refractivity contribution < 1.29 is 19.1 Å². The number of hydrogen-bond donors (Lipinski definition) is 2. The van der Waals surface area contributed by atoms with Gasteiger partial charge in [-0.3, -0.25) is 14.5 Å². The first-order valence-corrected chi connectivity index (χ1v) is 8.51. The third-order valence-electron chi connectivity index (χ3n) is 5.05. The number of carbonyl (C=O) groups is 3. The van der Waals surface area contributed by atoms with E-state index in [2.05, 4.69) is 17.6 Å². The highest BCUT2D eigenvalue weighted by atomic mass is 16.5. The Balaban J connectivity index is 1.62. The second-order valence-corrected chi connectivity index (χ2v) is 6.86. The number of carbonyl (C=O) groups excluding carboxylic acids is 3. The predicted octanol–water partition coefficient (Wildman–Crippen LogP) is 2.13. The summed E-state index contributed by atoms with van der Waals surface area (Å²) in [5.41, 5.74) is -0.233. The lowest BCUT2D eigenvalue weighted by molar-refractivity contribution is -0.135. The molecule has 0 radical (unpaired) electrons. The zero-order valence-electron chi connectivity index (χ0n) is 14.5. The van der Waals surface area contributed by atoms with Crippen LogP contribution >= 0.6 is 0 Å². The first-order valence-electron chi connectivity index (χ1n) is 8.51. The molecule has 4 amide bonds. The van der Waals surface area contributed by atoms with Crippen LogP contribution in [0, 0.1) is 5.92 Å². The maximum atomic E-state index is 12.7. The van der Waals surface area contributed by atoms with Gasteiger partial charge < -0.3 is 15.4 Å². The van der Waals surface area contributed by atoms with Crippen LogP contribution < -0.4 is 15.4 Å². The van der Waals surface area contributed by atoms with Crippen LogP contribution in [0.15, 0.2) is 24.3 Å². The predicted molar refractivity (Wildman–Crippen MR) is 92.2 cm³/mol. The van der Waals surface area contributed by atoms with Crippen molar-refractivity contribution in [1.29, 1.82) is 0 Å². The number of amides is 4. The Morgan fingerprint density at radius 1 is 1.28 bits per heavy atom. The number of nitrogens with one attached hydrogen (secondary N) is 2. The fraction of sp³-hybridized carbons (Fsp3) is 0.500. The van der Waals surface area contributed by atoms with E-state index in [0.29, 0.717) is 30.2 Å². The molecule has 134 valence electrons. The van der Waals surface area contributed by atoms with Gasteiger partial charge in [0, 0.05) is 5.69 Å². The second-order valence-electron chi connectivity index (χ2n) is 6.86. The standard InChI is InChI=1S/C18H23N3O4/c1-12-7-9-18(10-8-12)16(23)21(17(24)20-18)11-15(22)19-13-3-5-14(25-2)6-4-13/h3-6,12H,7-11H2,1-2H3,(H,19,22)(H,20,24). The van der Waals surface area contributed by atoms with Crippen LogP contribution in [0.4, 0.5) is 10.5 Å². The summed E-state index contributed by atoms with van der Waals surface area (Å²) in [4.78, 5) is 38.2. The van der Waals surface area contributed by atoms with Crippen molar-refractivity contribution in [2.24, 2.45) is 5.92 Å². The first kappa shape index (κ1) is 17.3. The number of ether oxygens (including phenoxy) is 1. The van der Waals surface area contributed by atoms with E-state index >= 15 is 0 Å². The van der Waals surface area contributed by atoms with Crippen molar-refractivity contribution in [2.75, 3.05) is 19.0 Å². The third kappa shape index (κ3) is 3.45. The number of imide groups is 1. The van der Waals surface area contributed by atoms with Gasteiger partial charge in [0.25, 0.3) is 5.91 Å². The fourth-order valence-electron chi connectivity index (χ4n) is 3.43. The highest BCUT2D eigenvalue weighted by Crippen LogP contribution is 2.36. The SMILES string of the molecule is COc1ccc(NC(=O)CN2C(=O)NC3(CCC(C)CC3)C2=O)cc1. The van der Waals surface area contributed by atoms with Gasteiger partial charge >= 0.3 is 6.03 Å². The van der Waals surface area contributed by atoms with Crippen LogP contribution in [0.5, 0.6) is 5.75 Å². The van der Waals surface area contributed by atoms with Crippen LogP contribution in [0.2, 0.25) is 0 Å². The highest BCUT2D eigenvalue weighted by molar-refractivity contribution is 6.10. The normalized spacial score (nSPS) is 25.8. The molecular weight excluding hydrogens is 322 g/mol. The summed E-state index contributed by atoms with van der Waals surface area (Å²) in [6, 6.07) is 6.37. The lowest BCUT2D eigenvalue weighted by Gasteiger charge is -2.33. The zero-order chi connectivity index (χ0) is 18.0. The number of rotatable bonds is 4. The molecule has 0 aromatic heterocycles. The molecule has 7 nitrogen and oxygen atoms in total. The maximum Gasteiger partial charge on any atom is 0.325 e. The van der Waals surface area contributed by atoms with Gasteiger partial charge in [-0.15, -0.1) is 0 Å². The Kier molecular flexibility index (Phi) is 4.65. The number of methoxy groups -OCH3 is 1. The van der Waals surface area contributed by atoms with Gasteiger partial charge in [0.15, 0.2) is 0 Å². The van der Waals surface area contributed by atoms with Crippen molar-refractivity contribution in [3.8, 4) is 5.75 Å². The van der Waals surface area contributed by atoms with Gasteiger partial charge in [0.05, 0.1) is 7.11 Å². The number of nitrogens with zero attached hydrogens (tertiary/aromatic N) is 1. The summed E-state index contributed by atoms with van der Waals surface area (Å²) >= 11 is 0. The summed E-state index contributed by atoms with van der Waals surface area (Å²) in [6.45, 7) is 1.86. The molecule has 1 aliphatic carbocycles. The number of hydrogen-bond acceptors (Lipinski definition) is 4. The molecular formula is C18H23N3O4. The molecule has 1 spiro atoms. The minimum Gasteiger partial charge on any atom is -0.497 e. The van der Waals surface area contributed by atoms with Crippen LogP contribution in [0.3, 0.4) is 0 Å². The number of urea groups is 1. The highest BCUT2D eigenvalue weighted by Gasteiger charge is 2.52. The van der Waals surface area contributed by atoms with E-state index in [1.54, 1.807) is 31.4 Å². The smallest absolute Gasteiger partial charge is 0.325 e. The Hall–Kier alpha value is -2.57. The van der Waals surface area contributed by atoms with E-state index in [-0.39, 0.29) is 12.5 Å².